The molecule has 0 N–H and O–H groups in total. The maximum atomic E-state index is 11.3. The second-order valence-electron chi connectivity index (χ2n) is 2.12. The van der Waals surface area contributed by atoms with E-state index in [1.54, 1.807) is 24.5 Å². The van der Waals surface area contributed by atoms with Crippen molar-refractivity contribution in [3.8, 4) is 0 Å². The van der Waals surface area contributed by atoms with Crippen LogP contribution in [0.1, 0.15) is 6.92 Å². The van der Waals surface area contributed by atoms with Gasteiger partial charge in [0.1, 0.15) is 0 Å². The predicted octanol–water partition coefficient (Wildman–Crippen LogP) is 3.08. The summed E-state index contributed by atoms with van der Waals surface area (Å²) in [6, 6.07) is 0. The quantitative estimate of drug-likeness (QED) is 0.477. The first-order valence-corrected chi connectivity index (χ1v) is 4.32. The summed E-state index contributed by atoms with van der Waals surface area (Å²) in [5, 5.41) is 1.58. The number of thioether (sulfide) groups is 1. The van der Waals surface area contributed by atoms with E-state index in [4.69, 9.17) is 0 Å². The van der Waals surface area contributed by atoms with Crippen LogP contribution in [0.4, 0.5) is 0 Å². The molecule has 0 aromatic carbocycles. The van der Waals surface area contributed by atoms with Crippen molar-refractivity contribution in [2.24, 2.45) is 0 Å². The lowest BCUT2D eigenvalue weighted by Crippen LogP contribution is -1.98. The number of carbonyl (C=O) groups excluding carboxylic acids is 1. The van der Waals surface area contributed by atoms with Crippen LogP contribution in [-0.2, 0) is 4.79 Å². The van der Waals surface area contributed by atoms with Gasteiger partial charge in [0.05, 0.1) is 4.91 Å². The van der Waals surface area contributed by atoms with Crippen molar-refractivity contribution in [1.82, 2.24) is 0 Å². The van der Waals surface area contributed by atoms with Crippen LogP contribution in [-0.4, -0.2) is 5.78 Å². The maximum absolute atomic E-state index is 11.3. The second kappa shape index (κ2) is 5.61. The average molecular weight is 180 g/mol. The van der Waals surface area contributed by atoms with Crippen molar-refractivity contribution in [2.75, 3.05) is 0 Å². The molecule has 0 spiro atoms. The van der Waals surface area contributed by atoms with Gasteiger partial charge < -0.3 is 0 Å². The summed E-state index contributed by atoms with van der Waals surface area (Å²) in [4.78, 5) is 11.8. The zero-order valence-corrected chi connectivity index (χ0v) is 7.99. The van der Waals surface area contributed by atoms with E-state index in [0.717, 1.165) is 0 Å². The lowest BCUT2D eigenvalue weighted by atomic mass is 10.2. The third-order valence-corrected chi connectivity index (χ3v) is 1.84. The zero-order valence-electron chi connectivity index (χ0n) is 7.17. The molecule has 12 heavy (non-hydrogen) atoms. The molecule has 0 aliphatic rings. The molecule has 0 radical (unpaired) electrons. The Bertz CT molecular complexity index is 249. The van der Waals surface area contributed by atoms with Crippen molar-refractivity contribution < 1.29 is 4.79 Å². The summed E-state index contributed by atoms with van der Waals surface area (Å²) in [7, 11) is 0. The molecule has 0 aliphatic carbocycles. The molecule has 0 saturated carbocycles. The minimum Gasteiger partial charge on any atom is -0.288 e. The molecule has 2 heteroatoms. The van der Waals surface area contributed by atoms with Crippen molar-refractivity contribution >= 4 is 17.5 Å². The molecule has 0 aromatic heterocycles. The number of hydrogen-bond acceptors (Lipinski definition) is 2. The Morgan fingerprint density at radius 2 is 2.00 bits per heavy atom. The Labute approximate surface area is 77.5 Å². The number of Topliss-reactive ketones (excluding diaryl/α,β-unsaturated/α-hetero) is 1. The predicted molar refractivity (Wildman–Crippen MR) is 55.9 cm³/mol. The number of ketones is 1. The first kappa shape index (κ1) is 11.0. The number of rotatable bonds is 5. The van der Waals surface area contributed by atoms with Crippen LogP contribution in [0.2, 0.25) is 0 Å². The van der Waals surface area contributed by atoms with Crippen molar-refractivity contribution in [1.29, 1.82) is 0 Å². The van der Waals surface area contributed by atoms with E-state index >= 15 is 0 Å². The van der Waals surface area contributed by atoms with E-state index in [2.05, 4.69) is 19.7 Å². The molecule has 0 unspecified atom stereocenters. The minimum atomic E-state index is -0.0557. The fourth-order valence-electron chi connectivity index (χ4n) is 0.626. The van der Waals surface area contributed by atoms with Crippen LogP contribution >= 0.6 is 11.8 Å². The van der Waals surface area contributed by atoms with Crippen LogP contribution < -0.4 is 0 Å². The molecular weight excluding hydrogens is 168 g/mol. The van der Waals surface area contributed by atoms with Crippen molar-refractivity contribution in [3.05, 3.63) is 47.8 Å². The topological polar surface area (TPSA) is 17.1 Å². The van der Waals surface area contributed by atoms with E-state index in [1.165, 1.54) is 11.8 Å². The lowest BCUT2D eigenvalue weighted by molar-refractivity contribution is -0.111. The van der Waals surface area contributed by atoms with Gasteiger partial charge >= 0.3 is 0 Å². The van der Waals surface area contributed by atoms with Gasteiger partial charge in [0.25, 0.3) is 0 Å². The Kier molecular flexibility index (Phi) is 5.13. The molecule has 64 valence electrons. The van der Waals surface area contributed by atoms with Gasteiger partial charge in [-0.2, -0.15) is 0 Å². The van der Waals surface area contributed by atoms with E-state index in [-0.39, 0.29) is 5.78 Å². The smallest absolute Gasteiger partial charge is 0.194 e. The van der Waals surface area contributed by atoms with E-state index in [1.807, 2.05) is 0 Å². The minimum absolute atomic E-state index is 0.0557. The average Bonchev–Trinajstić information content (AvgIpc) is 2.04. The SMILES string of the molecule is C=CC=C(C)C(=O)C(=C)SC=C. The Morgan fingerprint density at radius 3 is 2.42 bits per heavy atom. The van der Waals surface area contributed by atoms with Gasteiger partial charge in [0.2, 0.25) is 0 Å². The molecule has 0 amide bonds. The molecule has 0 aromatic rings. The molecule has 0 saturated heterocycles. The standard InChI is InChI=1S/C10H12OS/c1-5-7-8(3)10(11)9(4)12-6-2/h5-7H,1-2,4H2,3H3. The van der Waals surface area contributed by atoms with Crippen LogP contribution in [0.5, 0.6) is 0 Å². The number of allylic oxidation sites excluding steroid dienone is 4. The Morgan fingerprint density at radius 1 is 1.42 bits per heavy atom. The molecule has 0 atom stereocenters. The van der Waals surface area contributed by atoms with Gasteiger partial charge in [-0.25, -0.2) is 0 Å². The highest BCUT2D eigenvalue weighted by Crippen LogP contribution is 2.18. The van der Waals surface area contributed by atoms with Crippen LogP contribution in [0.15, 0.2) is 47.8 Å². The van der Waals surface area contributed by atoms with Gasteiger partial charge in [-0.3, -0.25) is 4.79 Å². The highest BCUT2D eigenvalue weighted by molar-refractivity contribution is 8.06. The zero-order chi connectivity index (χ0) is 9.56. The molecule has 0 bridgehead atoms. The van der Waals surface area contributed by atoms with Crippen LogP contribution in [0, 0.1) is 0 Å². The summed E-state index contributed by atoms with van der Waals surface area (Å²) < 4.78 is 0. The largest absolute Gasteiger partial charge is 0.288 e. The molecule has 0 fully saturated rings. The van der Waals surface area contributed by atoms with Crippen LogP contribution in [0.25, 0.3) is 0 Å². The molecule has 0 rings (SSSR count). The lowest BCUT2D eigenvalue weighted by Gasteiger charge is -1.99. The Balaban J connectivity index is 4.38. The molecular formula is C10H12OS. The fraction of sp³-hybridized carbons (Fsp3) is 0.100. The molecule has 1 nitrogen and oxygen atoms in total. The summed E-state index contributed by atoms with van der Waals surface area (Å²) >= 11 is 1.24. The van der Waals surface area contributed by atoms with E-state index in [0.29, 0.717) is 10.5 Å². The van der Waals surface area contributed by atoms with Crippen molar-refractivity contribution in [3.63, 3.8) is 0 Å². The first-order chi connectivity index (χ1) is 5.63. The summed E-state index contributed by atoms with van der Waals surface area (Å²) in [6.07, 6.45) is 3.25. The highest BCUT2D eigenvalue weighted by atomic mass is 32.2. The third kappa shape index (κ3) is 3.39. The summed E-state index contributed by atoms with van der Waals surface area (Å²) in [5.41, 5.74) is 0.643. The highest BCUT2D eigenvalue weighted by Gasteiger charge is 2.06. The van der Waals surface area contributed by atoms with Gasteiger partial charge in [-0.05, 0) is 17.9 Å². The van der Waals surface area contributed by atoms with Gasteiger partial charge in [0.15, 0.2) is 5.78 Å². The maximum Gasteiger partial charge on any atom is 0.194 e. The van der Waals surface area contributed by atoms with Gasteiger partial charge in [0, 0.05) is 0 Å². The number of carbonyl (C=O) groups is 1. The monoisotopic (exact) mass is 180 g/mol. The van der Waals surface area contributed by atoms with Crippen LogP contribution in [0.3, 0.4) is 0 Å². The molecule has 0 aliphatic heterocycles. The van der Waals surface area contributed by atoms with Gasteiger partial charge in [-0.1, -0.05) is 43.7 Å². The number of hydrogen-bond donors (Lipinski definition) is 0. The van der Waals surface area contributed by atoms with Crippen molar-refractivity contribution in [2.45, 2.75) is 6.92 Å². The normalized spacial score (nSPS) is 10.6. The summed E-state index contributed by atoms with van der Waals surface area (Å²) in [5.74, 6) is -0.0557. The van der Waals surface area contributed by atoms with E-state index in [9.17, 15) is 4.79 Å². The summed E-state index contributed by atoms with van der Waals surface area (Å²) in [6.45, 7) is 12.4. The van der Waals surface area contributed by atoms with Gasteiger partial charge in [-0.15, -0.1) is 0 Å². The second-order valence-corrected chi connectivity index (χ2v) is 3.18. The fourth-order valence-corrected chi connectivity index (χ4v) is 1.10. The molecule has 0 heterocycles. The first-order valence-electron chi connectivity index (χ1n) is 3.44. The Hall–Kier alpha value is -1.02. The van der Waals surface area contributed by atoms with E-state index < -0.39 is 0 Å². The third-order valence-electron chi connectivity index (χ3n) is 1.20.